The molecule has 1 saturated heterocycles. The first-order valence-corrected chi connectivity index (χ1v) is 11.5. The van der Waals surface area contributed by atoms with Crippen molar-refractivity contribution in [2.45, 2.75) is 24.3 Å². The van der Waals surface area contributed by atoms with Crippen LogP contribution >= 0.6 is 0 Å². The Kier molecular flexibility index (Phi) is 7.54. The lowest BCUT2D eigenvalue weighted by atomic mass is 10.2. The van der Waals surface area contributed by atoms with E-state index in [1.54, 1.807) is 6.07 Å². The molecule has 3 N–H and O–H groups in total. The number of rotatable bonds is 7. The van der Waals surface area contributed by atoms with Crippen LogP contribution < -0.4 is 10.5 Å². The second-order valence-electron chi connectivity index (χ2n) is 7.43. The number of anilines is 1. The molecular formula is C21H27FN4O3S. The van der Waals surface area contributed by atoms with Gasteiger partial charge in [-0.3, -0.25) is 9.69 Å². The zero-order chi connectivity index (χ0) is 21.6. The molecule has 162 valence electrons. The van der Waals surface area contributed by atoms with E-state index >= 15 is 0 Å². The van der Waals surface area contributed by atoms with E-state index < -0.39 is 10.0 Å². The Bertz CT molecular complexity index is 966. The van der Waals surface area contributed by atoms with Crippen molar-refractivity contribution in [1.82, 2.24) is 9.80 Å². The number of primary sulfonamides is 1. The first-order chi connectivity index (χ1) is 14.3. The number of amides is 1. The quantitative estimate of drug-likeness (QED) is 0.695. The molecule has 0 aromatic heterocycles. The molecule has 0 bridgehead atoms. The third-order valence-electron chi connectivity index (χ3n) is 5.15. The molecule has 30 heavy (non-hydrogen) atoms. The SMILES string of the molecule is NS(=O)(=O)c1ccc(NC(=O)CCN2CCCN(Cc3ccccc3F)CC2)cc1. The lowest BCUT2D eigenvalue weighted by Crippen LogP contribution is -2.32. The second-order valence-corrected chi connectivity index (χ2v) is 8.99. The van der Waals surface area contributed by atoms with Gasteiger partial charge in [0.1, 0.15) is 5.82 Å². The number of sulfonamides is 1. The average Bonchev–Trinajstić information content (AvgIpc) is 2.93. The Morgan fingerprint density at radius 2 is 1.67 bits per heavy atom. The fraction of sp³-hybridized carbons (Fsp3) is 0.381. The van der Waals surface area contributed by atoms with E-state index in [9.17, 15) is 17.6 Å². The van der Waals surface area contributed by atoms with Crippen molar-refractivity contribution < 1.29 is 17.6 Å². The minimum Gasteiger partial charge on any atom is -0.326 e. The van der Waals surface area contributed by atoms with Gasteiger partial charge in [-0.15, -0.1) is 0 Å². The van der Waals surface area contributed by atoms with Crippen LogP contribution in [0, 0.1) is 5.82 Å². The van der Waals surface area contributed by atoms with Crippen LogP contribution in [0.5, 0.6) is 0 Å². The van der Waals surface area contributed by atoms with Crippen molar-refractivity contribution in [3.63, 3.8) is 0 Å². The fourth-order valence-electron chi connectivity index (χ4n) is 3.48. The number of carbonyl (C=O) groups excluding carboxylic acids is 1. The van der Waals surface area contributed by atoms with Crippen molar-refractivity contribution >= 4 is 21.6 Å². The highest BCUT2D eigenvalue weighted by molar-refractivity contribution is 7.89. The summed E-state index contributed by atoms with van der Waals surface area (Å²) in [6, 6.07) is 12.6. The van der Waals surface area contributed by atoms with Crippen LogP contribution in [-0.4, -0.2) is 56.8 Å². The van der Waals surface area contributed by atoms with E-state index in [2.05, 4.69) is 15.1 Å². The molecule has 0 aliphatic carbocycles. The van der Waals surface area contributed by atoms with Crippen molar-refractivity contribution in [2.75, 3.05) is 38.0 Å². The van der Waals surface area contributed by atoms with Gasteiger partial charge >= 0.3 is 0 Å². The number of halogens is 1. The molecule has 2 aromatic rings. The molecule has 1 aliphatic rings. The Morgan fingerprint density at radius 3 is 2.37 bits per heavy atom. The maximum Gasteiger partial charge on any atom is 0.238 e. The highest BCUT2D eigenvalue weighted by atomic mass is 32.2. The van der Waals surface area contributed by atoms with Crippen molar-refractivity contribution in [2.24, 2.45) is 5.14 Å². The number of nitrogens with zero attached hydrogens (tertiary/aromatic N) is 2. The maximum atomic E-state index is 13.9. The Labute approximate surface area is 176 Å². The summed E-state index contributed by atoms with van der Waals surface area (Å²) in [5.41, 5.74) is 1.23. The van der Waals surface area contributed by atoms with Gasteiger partial charge in [-0.1, -0.05) is 18.2 Å². The standard InChI is InChI=1S/C21H27FN4O3S/c22-20-5-2-1-4-17(20)16-26-12-3-11-25(14-15-26)13-10-21(27)24-18-6-8-19(9-7-18)30(23,28)29/h1-2,4-9H,3,10-16H2,(H,24,27)(H2,23,28,29). The maximum absolute atomic E-state index is 13.9. The van der Waals surface area contributed by atoms with Crippen LogP contribution in [0.3, 0.4) is 0 Å². The number of hydrogen-bond donors (Lipinski definition) is 2. The van der Waals surface area contributed by atoms with Crippen LogP contribution in [0.15, 0.2) is 53.4 Å². The molecule has 0 spiro atoms. The monoisotopic (exact) mass is 434 g/mol. The second kappa shape index (κ2) is 10.1. The third kappa shape index (κ3) is 6.60. The summed E-state index contributed by atoms with van der Waals surface area (Å²) in [5, 5.41) is 7.84. The van der Waals surface area contributed by atoms with Gasteiger partial charge in [0, 0.05) is 43.9 Å². The summed E-state index contributed by atoms with van der Waals surface area (Å²) in [6.45, 7) is 4.66. The fourth-order valence-corrected chi connectivity index (χ4v) is 4.00. The van der Waals surface area contributed by atoms with Gasteiger partial charge in [0.2, 0.25) is 15.9 Å². The van der Waals surface area contributed by atoms with E-state index in [0.717, 1.165) is 32.6 Å². The number of hydrogen-bond acceptors (Lipinski definition) is 5. The summed E-state index contributed by atoms with van der Waals surface area (Å²) in [5.74, 6) is -0.307. The number of nitrogens with two attached hydrogens (primary N) is 1. The molecule has 0 saturated carbocycles. The molecule has 7 nitrogen and oxygen atoms in total. The predicted octanol–water partition coefficient (Wildman–Crippen LogP) is 2.01. The molecule has 1 heterocycles. The summed E-state index contributed by atoms with van der Waals surface area (Å²) in [7, 11) is -3.75. The minimum absolute atomic E-state index is 0.00463. The molecule has 0 radical (unpaired) electrons. The van der Waals surface area contributed by atoms with E-state index in [1.807, 2.05) is 12.1 Å². The van der Waals surface area contributed by atoms with Gasteiger partial charge in [0.15, 0.2) is 0 Å². The topological polar surface area (TPSA) is 95.7 Å². The van der Waals surface area contributed by atoms with E-state index in [4.69, 9.17) is 5.14 Å². The van der Waals surface area contributed by atoms with Gasteiger partial charge in [-0.25, -0.2) is 17.9 Å². The lowest BCUT2D eigenvalue weighted by molar-refractivity contribution is -0.116. The third-order valence-corrected chi connectivity index (χ3v) is 6.08. The van der Waals surface area contributed by atoms with E-state index in [1.165, 1.54) is 30.3 Å². The molecule has 1 fully saturated rings. The highest BCUT2D eigenvalue weighted by Crippen LogP contribution is 2.14. The van der Waals surface area contributed by atoms with Crippen molar-refractivity contribution in [1.29, 1.82) is 0 Å². The van der Waals surface area contributed by atoms with Crippen molar-refractivity contribution in [3.8, 4) is 0 Å². The largest absolute Gasteiger partial charge is 0.326 e. The first-order valence-electron chi connectivity index (χ1n) is 9.92. The smallest absolute Gasteiger partial charge is 0.238 e. The zero-order valence-electron chi connectivity index (χ0n) is 16.8. The summed E-state index contributed by atoms with van der Waals surface area (Å²) >= 11 is 0. The van der Waals surface area contributed by atoms with Gasteiger partial charge in [0.25, 0.3) is 0 Å². The van der Waals surface area contributed by atoms with Crippen LogP contribution in [0.25, 0.3) is 0 Å². The first kappa shape index (κ1) is 22.4. The molecule has 9 heteroatoms. The molecule has 1 aliphatic heterocycles. The zero-order valence-corrected chi connectivity index (χ0v) is 17.6. The molecular weight excluding hydrogens is 407 g/mol. The number of carbonyl (C=O) groups is 1. The Balaban J connectivity index is 1.43. The van der Waals surface area contributed by atoms with Crippen molar-refractivity contribution in [3.05, 3.63) is 59.9 Å². The number of benzene rings is 2. The Morgan fingerprint density at radius 1 is 1.00 bits per heavy atom. The summed E-state index contributed by atoms with van der Waals surface area (Å²) in [4.78, 5) is 16.7. The highest BCUT2D eigenvalue weighted by Gasteiger charge is 2.17. The summed E-state index contributed by atoms with van der Waals surface area (Å²) in [6.07, 6.45) is 1.30. The number of nitrogens with one attached hydrogen (secondary N) is 1. The molecule has 1 amide bonds. The Hall–Kier alpha value is -2.33. The van der Waals surface area contributed by atoms with E-state index in [0.29, 0.717) is 30.8 Å². The van der Waals surface area contributed by atoms with Crippen LogP contribution in [0.1, 0.15) is 18.4 Å². The summed E-state index contributed by atoms with van der Waals surface area (Å²) < 4.78 is 36.4. The van der Waals surface area contributed by atoms with Gasteiger partial charge in [0.05, 0.1) is 4.90 Å². The molecule has 0 unspecified atom stereocenters. The predicted molar refractivity (Wildman–Crippen MR) is 114 cm³/mol. The van der Waals surface area contributed by atoms with Crippen LogP contribution in [0.2, 0.25) is 0 Å². The minimum atomic E-state index is -3.75. The molecule has 2 aromatic carbocycles. The average molecular weight is 435 g/mol. The lowest BCUT2D eigenvalue weighted by Gasteiger charge is -2.22. The van der Waals surface area contributed by atoms with Crippen LogP contribution in [0.4, 0.5) is 10.1 Å². The van der Waals surface area contributed by atoms with Crippen LogP contribution in [-0.2, 0) is 21.4 Å². The molecule has 3 rings (SSSR count). The normalized spacial score (nSPS) is 16.2. The van der Waals surface area contributed by atoms with Gasteiger partial charge < -0.3 is 10.2 Å². The van der Waals surface area contributed by atoms with Gasteiger partial charge in [-0.05, 0) is 49.8 Å². The van der Waals surface area contributed by atoms with E-state index in [-0.39, 0.29) is 16.6 Å². The molecule has 0 atom stereocenters. The van der Waals surface area contributed by atoms with Gasteiger partial charge in [-0.2, -0.15) is 0 Å².